The Labute approximate surface area is 167 Å². The smallest absolute Gasteiger partial charge is 0.303 e. The third-order valence-corrected chi connectivity index (χ3v) is 4.85. The van der Waals surface area contributed by atoms with Crippen molar-refractivity contribution in [3.8, 4) is 11.3 Å². The number of halogens is 5. The molecule has 4 rings (SSSR count). The number of nitrogens with zero attached hydrogens (tertiary/aromatic N) is 3. The average molecular weight is 422 g/mol. The molecule has 0 saturated carbocycles. The highest BCUT2D eigenvalue weighted by Crippen LogP contribution is 2.27. The van der Waals surface area contributed by atoms with Crippen molar-refractivity contribution in [2.75, 3.05) is 6.54 Å². The molecule has 0 amide bonds. The van der Waals surface area contributed by atoms with Gasteiger partial charge in [-0.15, -0.1) is 0 Å². The number of hydrogen-bond donors (Lipinski definition) is 1. The Hall–Kier alpha value is -3.14. The van der Waals surface area contributed by atoms with Crippen LogP contribution in [0.4, 0.5) is 22.0 Å². The van der Waals surface area contributed by atoms with E-state index in [0.717, 1.165) is 23.8 Å². The molecule has 0 atom stereocenters. The summed E-state index contributed by atoms with van der Waals surface area (Å²) in [6.07, 6.45) is -2.98. The zero-order valence-corrected chi connectivity index (χ0v) is 15.4. The molecule has 3 aromatic rings. The zero-order chi connectivity index (χ0) is 21.5. The maximum Gasteiger partial charge on any atom is 0.449 e. The van der Waals surface area contributed by atoms with Crippen LogP contribution in [-0.2, 0) is 25.7 Å². The van der Waals surface area contributed by atoms with Gasteiger partial charge in [-0.05, 0) is 29.8 Å². The quantitative estimate of drug-likeness (QED) is 0.654. The first-order valence-corrected chi connectivity index (χ1v) is 9.02. The normalized spacial score (nSPS) is 14.6. The number of nitrogens with one attached hydrogen (secondary N) is 1. The number of alkyl halides is 3. The minimum atomic E-state index is -4.71. The van der Waals surface area contributed by atoms with Crippen molar-refractivity contribution in [3.05, 3.63) is 81.2 Å². The second-order valence-corrected chi connectivity index (χ2v) is 6.97. The molecule has 0 unspecified atom stereocenters. The van der Waals surface area contributed by atoms with Crippen LogP contribution in [0.5, 0.6) is 0 Å². The highest BCUT2D eigenvalue weighted by molar-refractivity contribution is 5.59. The maximum atomic E-state index is 13.9. The summed E-state index contributed by atoms with van der Waals surface area (Å²) in [6, 6.07) is 6.39. The molecule has 2 aromatic heterocycles. The SMILES string of the molecule is O=c1[nH]c(C(F)(F)F)nc2c1CN(Cc1ccc(-c3cc(F)ccc3F)nc1)CC2. The number of hydrogen-bond acceptors (Lipinski definition) is 4. The number of benzene rings is 1. The molecule has 0 bridgehead atoms. The molecule has 1 N–H and O–H groups in total. The summed E-state index contributed by atoms with van der Waals surface area (Å²) in [6.45, 7) is 0.954. The summed E-state index contributed by atoms with van der Waals surface area (Å²) < 4.78 is 65.7. The van der Waals surface area contributed by atoms with Crippen LogP contribution in [0.2, 0.25) is 0 Å². The Kier molecular flexibility index (Phi) is 5.10. The Morgan fingerprint density at radius 3 is 2.63 bits per heavy atom. The van der Waals surface area contributed by atoms with Crippen LogP contribution in [-0.4, -0.2) is 26.4 Å². The zero-order valence-electron chi connectivity index (χ0n) is 15.4. The van der Waals surface area contributed by atoms with Crippen LogP contribution in [0.3, 0.4) is 0 Å². The topological polar surface area (TPSA) is 61.9 Å². The molecule has 0 saturated heterocycles. The lowest BCUT2D eigenvalue weighted by Crippen LogP contribution is -2.36. The van der Waals surface area contributed by atoms with Crippen molar-refractivity contribution in [1.29, 1.82) is 0 Å². The van der Waals surface area contributed by atoms with Gasteiger partial charge in [0.2, 0.25) is 5.82 Å². The molecular formula is C20H15F5N4O. The first-order chi connectivity index (χ1) is 14.2. The highest BCUT2D eigenvalue weighted by Gasteiger charge is 2.35. The van der Waals surface area contributed by atoms with E-state index < -0.39 is 29.2 Å². The molecule has 0 fully saturated rings. The predicted octanol–water partition coefficient (Wildman–Crippen LogP) is 3.69. The third kappa shape index (κ3) is 4.09. The van der Waals surface area contributed by atoms with Crippen molar-refractivity contribution < 1.29 is 22.0 Å². The van der Waals surface area contributed by atoms with Gasteiger partial charge in [-0.2, -0.15) is 13.2 Å². The number of fused-ring (bicyclic) bond motifs is 1. The lowest BCUT2D eigenvalue weighted by Gasteiger charge is -2.27. The van der Waals surface area contributed by atoms with E-state index in [1.807, 2.05) is 4.90 Å². The summed E-state index contributed by atoms with van der Waals surface area (Å²) in [7, 11) is 0. The van der Waals surface area contributed by atoms with Gasteiger partial charge in [0.15, 0.2) is 0 Å². The Balaban J connectivity index is 1.50. The minimum absolute atomic E-state index is 0.0477. The van der Waals surface area contributed by atoms with E-state index in [4.69, 9.17) is 0 Å². The summed E-state index contributed by atoms with van der Waals surface area (Å²) in [5.74, 6) is -2.45. The van der Waals surface area contributed by atoms with Crippen LogP contribution in [0.25, 0.3) is 11.3 Å². The first-order valence-electron chi connectivity index (χ1n) is 9.02. The second-order valence-electron chi connectivity index (χ2n) is 6.97. The molecule has 5 nitrogen and oxygen atoms in total. The molecule has 0 spiro atoms. The van der Waals surface area contributed by atoms with Crippen LogP contribution >= 0.6 is 0 Å². The van der Waals surface area contributed by atoms with E-state index >= 15 is 0 Å². The Morgan fingerprint density at radius 2 is 1.93 bits per heavy atom. The van der Waals surface area contributed by atoms with Crippen LogP contribution in [0.15, 0.2) is 41.3 Å². The van der Waals surface area contributed by atoms with E-state index in [9.17, 15) is 26.7 Å². The molecule has 3 heterocycles. The van der Waals surface area contributed by atoms with Crippen molar-refractivity contribution >= 4 is 0 Å². The van der Waals surface area contributed by atoms with Crippen molar-refractivity contribution in [2.45, 2.75) is 25.7 Å². The third-order valence-electron chi connectivity index (χ3n) is 4.85. The lowest BCUT2D eigenvalue weighted by molar-refractivity contribution is -0.145. The summed E-state index contributed by atoms with van der Waals surface area (Å²) in [5, 5.41) is 0. The van der Waals surface area contributed by atoms with Gasteiger partial charge in [0.1, 0.15) is 11.6 Å². The number of H-pyrrole nitrogens is 1. The molecule has 30 heavy (non-hydrogen) atoms. The second kappa shape index (κ2) is 7.60. The molecule has 1 aliphatic heterocycles. The van der Waals surface area contributed by atoms with E-state index in [-0.39, 0.29) is 35.5 Å². The predicted molar refractivity (Wildman–Crippen MR) is 97.3 cm³/mol. The van der Waals surface area contributed by atoms with Crippen LogP contribution in [0, 0.1) is 11.6 Å². The number of pyridine rings is 1. The van der Waals surface area contributed by atoms with Crippen LogP contribution < -0.4 is 5.56 Å². The van der Waals surface area contributed by atoms with Crippen molar-refractivity contribution in [3.63, 3.8) is 0 Å². The van der Waals surface area contributed by atoms with E-state index in [2.05, 4.69) is 9.97 Å². The monoisotopic (exact) mass is 422 g/mol. The molecule has 156 valence electrons. The number of aromatic amines is 1. The van der Waals surface area contributed by atoms with Gasteiger partial charge < -0.3 is 4.98 Å². The van der Waals surface area contributed by atoms with E-state index in [1.54, 1.807) is 17.1 Å². The fraction of sp³-hybridized carbons (Fsp3) is 0.250. The number of aromatic nitrogens is 3. The molecule has 10 heteroatoms. The van der Waals surface area contributed by atoms with E-state index in [0.29, 0.717) is 13.1 Å². The van der Waals surface area contributed by atoms with Gasteiger partial charge in [0.05, 0.1) is 17.0 Å². The van der Waals surface area contributed by atoms with Gasteiger partial charge in [-0.25, -0.2) is 13.8 Å². The highest BCUT2D eigenvalue weighted by atomic mass is 19.4. The maximum absolute atomic E-state index is 13.9. The van der Waals surface area contributed by atoms with E-state index in [1.165, 1.54) is 6.20 Å². The summed E-state index contributed by atoms with van der Waals surface area (Å²) >= 11 is 0. The molecular weight excluding hydrogens is 407 g/mol. The summed E-state index contributed by atoms with van der Waals surface area (Å²) in [4.78, 5) is 23.5. The molecule has 1 aromatic carbocycles. The Bertz CT molecular complexity index is 1140. The Morgan fingerprint density at radius 1 is 1.13 bits per heavy atom. The van der Waals surface area contributed by atoms with Gasteiger partial charge in [-0.1, -0.05) is 6.07 Å². The fourth-order valence-corrected chi connectivity index (χ4v) is 3.38. The van der Waals surface area contributed by atoms with Crippen molar-refractivity contribution in [2.24, 2.45) is 0 Å². The fourth-order valence-electron chi connectivity index (χ4n) is 3.38. The van der Waals surface area contributed by atoms with Gasteiger partial charge >= 0.3 is 6.18 Å². The van der Waals surface area contributed by atoms with Crippen LogP contribution in [0.1, 0.15) is 22.6 Å². The first kappa shape index (κ1) is 20.1. The molecule has 1 aliphatic rings. The standard InChI is InChI=1S/C20H15F5N4O/c21-12-2-3-15(22)13(7-12)16-4-1-11(8-26-16)9-29-6-5-17-14(10-29)18(30)28-19(27-17)20(23,24)25/h1-4,7-8H,5-6,9-10H2,(H,27,28,30). The van der Waals surface area contributed by atoms with Gasteiger partial charge in [-0.3, -0.25) is 14.7 Å². The average Bonchev–Trinajstić information content (AvgIpc) is 2.70. The number of rotatable bonds is 3. The molecule has 0 radical (unpaired) electrons. The van der Waals surface area contributed by atoms with Crippen molar-refractivity contribution in [1.82, 2.24) is 19.9 Å². The van der Waals surface area contributed by atoms with Gasteiger partial charge in [0, 0.05) is 37.8 Å². The minimum Gasteiger partial charge on any atom is -0.303 e. The lowest BCUT2D eigenvalue weighted by atomic mass is 10.1. The van der Waals surface area contributed by atoms with Gasteiger partial charge in [0.25, 0.3) is 5.56 Å². The largest absolute Gasteiger partial charge is 0.449 e. The summed E-state index contributed by atoms with van der Waals surface area (Å²) in [5.41, 5.74) is 0.645. The molecule has 0 aliphatic carbocycles.